The van der Waals surface area contributed by atoms with Gasteiger partial charge >= 0.3 is 0 Å². The van der Waals surface area contributed by atoms with Crippen LogP contribution in [0.3, 0.4) is 0 Å². The van der Waals surface area contributed by atoms with Crippen molar-refractivity contribution in [3.8, 4) is 5.75 Å². The first-order chi connectivity index (χ1) is 15.2. The molecule has 1 aliphatic carbocycles. The molecule has 166 valence electrons. The summed E-state index contributed by atoms with van der Waals surface area (Å²) in [5.41, 5.74) is 1.19. The smallest absolute Gasteiger partial charge is 0.235 e. The lowest BCUT2D eigenvalue weighted by atomic mass is 9.68. The Kier molecular flexibility index (Phi) is 7.52. The lowest BCUT2D eigenvalue weighted by Crippen LogP contribution is -2.42. The molecule has 1 N–H and O–H groups in total. The summed E-state index contributed by atoms with van der Waals surface area (Å²) in [7, 11) is 0. The van der Waals surface area contributed by atoms with Crippen molar-refractivity contribution < 1.29 is 9.53 Å². The molecule has 1 saturated carbocycles. The number of anilines is 1. The molecule has 2 aliphatic rings. The second kappa shape index (κ2) is 10.5. The van der Waals surface area contributed by atoms with Crippen molar-refractivity contribution in [3.63, 3.8) is 0 Å². The number of nitrogens with zero attached hydrogens (tertiary/aromatic N) is 1. The number of hydrogen-bond donors (Lipinski definition) is 1. The summed E-state index contributed by atoms with van der Waals surface area (Å²) in [6.07, 6.45) is 8.87. The van der Waals surface area contributed by atoms with E-state index in [0.717, 1.165) is 49.2 Å². The van der Waals surface area contributed by atoms with Gasteiger partial charge in [-0.25, -0.2) is 0 Å². The second-order valence-corrected chi connectivity index (χ2v) is 9.26. The van der Waals surface area contributed by atoms with Crippen molar-refractivity contribution >= 4 is 23.2 Å². The largest absolute Gasteiger partial charge is 0.492 e. The normalized spacial score (nSPS) is 19.0. The minimum Gasteiger partial charge on any atom is -0.492 e. The number of nitrogens with one attached hydrogen (secondary N) is 1. The van der Waals surface area contributed by atoms with Gasteiger partial charge < -0.3 is 10.1 Å². The number of halogens is 1. The van der Waals surface area contributed by atoms with Gasteiger partial charge in [-0.3, -0.25) is 9.69 Å². The van der Waals surface area contributed by atoms with Crippen LogP contribution in [0, 0.1) is 0 Å². The third-order valence-electron chi connectivity index (χ3n) is 6.77. The molecular weight excluding hydrogens is 408 g/mol. The van der Waals surface area contributed by atoms with Gasteiger partial charge in [0.05, 0.1) is 5.41 Å². The third-order valence-corrected chi connectivity index (χ3v) is 7.10. The Morgan fingerprint density at radius 1 is 0.935 bits per heavy atom. The molecule has 0 atom stereocenters. The van der Waals surface area contributed by atoms with Gasteiger partial charge in [0.1, 0.15) is 12.4 Å². The van der Waals surface area contributed by atoms with E-state index in [2.05, 4.69) is 10.2 Å². The van der Waals surface area contributed by atoms with Crippen LogP contribution in [0.5, 0.6) is 5.75 Å². The molecule has 4 nitrogen and oxygen atoms in total. The van der Waals surface area contributed by atoms with Gasteiger partial charge in [-0.05, 0) is 74.7 Å². The zero-order valence-corrected chi connectivity index (χ0v) is 19.0. The lowest BCUT2D eigenvalue weighted by Gasteiger charge is -2.37. The Morgan fingerprint density at radius 3 is 2.32 bits per heavy atom. The molecule has 1 amide bonds. The van der Waals surface area contributed by atoms with Gasteiger partial charge in [-0.2, -0.15) is 0 Å². The van der Waals surface area contributed by atoms with E-state index in [1.54, 1.807) is 0 Å². The van der Waals surface area contributed by atoms with Crippen LogP contribution in [0.15, 0.2) is 48.5 Å². The van der Waals surface area contributed by atoms with Gasteiger partial charge in [0.25, 0.3) is 0 Å². The average Bonchev–Trinajstić information content (AvgIpc) is 2.81. The molecule has 2 fully saturated rings. The van der Waals surface area contributed by atoms with E-state index < -0.39 is 5.41 Å². The van der Waals surface area contributed by atoms with E-state index in [9.17, 15) is 4.79 Å². The van der Waals surface area contributed by atoms with E-state index >= 15 is 0 Å². The topological polar surface area (TPSA) is 41.6 Å². The molecule has 1 aliphatic heterocycles. The number of likely N-dealkylation sites (tertiary alicyclic amines) is 1. The van der Waals surface area contributed by atoms with Crippen molar-refractivity contribution in [2.45, 2.75) is 56.8 Å². The molecule has 0 bridgehead atoms. The van der Waals surface area contributed by atoms with E-state index in [1.165, 1.54) is 38.8 Å². The summed E-state index contributed by atoms with van der Waals surface area (Å²) >= 11 is 6.52. The predicted octanol–water partition coefficient (Wildman–Crippen LogP) is 6.05. The van der Waals surface area contributed by atoms with Crippen LogP contribution in [0.1, 0.15) is 56.9 Å². The van der Waals surface area contributed by atoms with Crippen LogP contribution in [0.2, 0.25) is 5.02 Å². The predicted molar refractivity (Wildman–Crippen MR) is 127 cm³/mol. The van der Waals surface area contributed by atoms with Gasteiger partial charge in [-0.1, -0.05) is 55.5 Å². The first-order valence-electron chi connectivity index (χ1n) is 11.7. The first kappa shape index (κ1) is 22.2. The zero-order valence-electron chi connectivity index (χ0n) is 18.2. The minimum atomic E-state index is -0.555. The first-order valence-corrected chi connectivity index (χ1v) is 12.1. The highest BCUT2D eigenvalue weighted by molar-refractivity contribution is 6.31. The fourth-order valence-corrected chi connectivity index (χ4v) is 5.30. The maximum Gasteiger partial charge on any atom is 0.235 e. The maximum atomic E-state index is 13.5. The molecular formula is C26H33ClN2O2. The summed E-state index contributed by atoms with van der Waals surface area (Å²) in [5.74, 6) is 0.882. The number of amides is 1. The molecule has 5 heteroatoms. The Hall–Kier alpha value is -2.04. The summed E-state index contributed by atoms with van der Waals surface area (Å²) in [6.45, 7) is 4.03. The van der Waals surface area contributed by atoms with Crippen LogP contribution in [-0.4, -0.2) is 37.0 Å². The van der Waals surface area contributed by atoms with Crippen LogP contribution in [0.25, 0.3) is 0 Å². The number of ether oxygens (including phenoxy) is 1. The molecule has 1 heterocycles. The Bertz CT molecular complexity index is 856. The number of carbonyl (C=O) groups excluding carboxylic acids is 1. The fraction of sp³-hybridized carbons (Fsp3) is 0.500. The highest BCUT2D eigenvalue weighted by atomic mass is 35.5. The Labute approximate surface area is 190 Å². The molecule has 0 aromatic heterocycles. The van der Waals surface area contributed by atoms with Crippen LogP contribution in [-0.2, 0) is 10.2 Å². The highest BCUT2D eigenvalue weighted by Gasteiger charge is 2.42. The van der Waals surface area contributed by atoms with Crippen LogP contribution in [0.4, 0.5) is 5.69 Å². The van der Waals surface area contributed by atoms with Gasteiger partial charge in [-0.15, -0.1) is 0 Å². The van der Waals surface area contributed by atoms with E-state index in [-0.39, 0.29) is 5.91 Å². The number of carbonyl (C=O) groups is 1. The minimum absolute atomic E-state index is 0.0408. The number of hydrogen-bond acceptors (Lipinski definition) is 3. The summed E-state index contributed by atoms with van der Waals surface area (Å²) in [4.78, 5) is 15.9. The lowest BCUT2D eigenvalue weighted by molar-refractivity contribution is -0.122. The number of piperidine rings is 1. The maximum absolute atomic E-state index is 13.5. The van der Waals surface area contributed by atoms with E-state index in [1.807, 2.05) is 48.5 Å². The molecule has 2 aromatic carbocycles. The van der Waals surface area contributed by atoms with Crippen LogP contribution >= 0.6 is 11.6 Å². The monoisotopic (exact) mass is 440 g/mol. The van der Waals surface area contributed by atoms with Crippen LogP contribution < -0.4 is 10.1 Å². The second-order valence-electron chi connectivity index (χ2n) is 8.85. The average molecular weight is 441 g/mol. The van der Waals surface area contributed by atoms with Crippen molar-refractivity contribution in [3.05, 3.63) is 59.1 Å². The Balaban J connectivity index is 1.38. The molecule has 4 rings (SSSR count). The molecule has 0 spiro atoms. The summed E-state index contributed by atoms with van der Waals surface area (Å²) < 4.78 is 5.92. The standard InChI is InChI=1S/C26H33ClN2O2/c27-24-10-4-3-9-23(24)26(15-5-1-6-16-26)25(30)28-21-11-13-22(14-12-21)31-20-19-29-17-7-2-8-18-29/h3-4,9-14H,1-2,5-8,15-20H2,(H,28,30). The van der Waals surface area contributed by atoms with Crippen molar-refractivity contribution in [1.82, 2.24) is 4.90 Å². The highest BCUT2D eigenvalue weighted by Crippen LogP contribution is 2.43. The van der Waals surface area contributed by atoms with Crippen molar-refractivity contribution in [2.75, 3.05) is 31.6 Å². The summed E-state index contributed by atoms with van der Waals surface area (Å²) in [5, 5.41) is 3.83. The molecule has 2 aromatic rings. The van der Waals surface area contributed by atoms with E-state index in [0.29, 0.717) is 11.6 Å². The van der Waals surface area contributed by atoms with Gasteiger partial charge in [0.15, 0.2) is 0 Å². The summed E-state index contributed by atoms with van der Waals surface area (Å²) in [6, 6.07) is 15.5. The number of rotatable bonds is 7. The van der Waals surface area contributed by atoms with Crippen molar-refractivity contribution in [1.29, 1.82) is 0 Å². The van der Waals surface area contributed by atoms with E-state index in [4.69, 9.17) is 16.3 Å². The molecule has 1 saturated heterocycles. The fourth-order valence-electron chi connectivity index (χ4n) is 4.98. The molecule has 31 heavy (non-hydrogen) atoms. The zero-order chi connectivity index (χ0) is 21.5. The van der Waals surface area contributed by atoms with Crippen molar-refractivity contribution in [2.24, 2.45) is 0 Å². The van der Waals surface area contributed by atoms with Gasteiger partial charge in [0.2, 0.25) is 5.91 Å². The number of benzene rings is 2. The Morgan fingerprint density at radius 2 is 1.61 bits per heavy atom. The quantitative estimate of drug-likeness (QED) is 0.570. The third kappa shape index (κ3) is 5.42. The molecule has 0 unspecified atom stereocenters. The SMILES string of the molecule is O=C(Nc1ccc(OCCN2CCCCC2)cc1)C1(c2ccccc2Cl)CCCCC1. The van der Waals surface area contributed by atoms with Gasteiger partial charge in [0, 0.05) is 17.3 Å². The molecule has 0 radical (unpaired) electrons.